The lowest BCUT2D eigenvalue weighted by atomic mass is 10.1. The van der Waals surface area contributed by atoms with Crippen LogP contribution in [0, 0.1) is 0 Å². The van der Waals surface area contributed by atoms with Crippen molar-refractivity contribution in [2.45, 2.75) is 6.92 Å². The molecule has 7 nitrogen and oxygen atoms in total. The third-order valence-electron chi connectivity index (χ3n) is 3.59. The van der Waals surface area contributed by atoms with Gasteiger partial charge in [0.2, 0.25) is 0 Å². The second-order valence-corrected chi connectivity index (χ2v) is 5.45. The van der Waals surface area contributed by atoms with Gasteiger partial charge in [-0.3, -0.25) is 4.79 Å². The second-order valence-electron chi connectivity index (χ2n) is 5.45. The molecule has 0 aliphatic rings. The van der Waals surface area contributed by atoms with E-state index in [1.165, 1.54) is 14.0 Å². The van der Waals surface area contributed by atoms with Crippen molar-refractivity contribution in [2.75, 3.05) is 34.0 Å². The number of rotatable bonds is 10. The van der Waals surface area contributed by atoms with Gasteiger partial charge in [-0.05, 0) is 49.4 Å². The first-order chi connectivity index (χ1) is 13.0. The van der Waals surface area contributed by atoms with Crippen molar-refractivity contribution in [1.82, 2.24) is 0 Å². The maximum Gasteiger partial charge on any atom is 0.344 e. The van der Waals surface area contributed by atoms with Crippen LogP contribution in [-0.2, 0) is 9.53 Å². The number of methoxy groups -OCH3 is 2. The number of benzene rings is 2. The molecule has 0 amide bonds. The molecule has 2 aromatic rings. The van der Waals surface area contributed by atoms with E-state index in [0.29, 0.717) is 22.8 Å². The number of carbonyl (C=O) groups excluding carboxylic acids is 2. The number of carbonyl (C=O) groups is 2. The van der Waals surface area contributed by atoms with E-state index in [1.807, 2.05) is 0 Å². The number of hydrogen-bond acceptors (Lipinski definition) is 7. The highest BCUT2D eigenvalue weighted by Gasteiger charge is 2.11. The topological polar surface area (TPSA) is 80.3 Å². The highest BCUT2D eigenvalue weighted by atomic mass is 16.6. The Morgan fingerprint density at radius 2 is 1.52 bits per heavy atom. The van der Waals surface area contributed by atoms with Crippen LogP contribution in [0.4, 0.5) is 0 Å². The summed E-state index contributed by atoms with van der Waals surface area (Å²) in [6.45, 7) is 1.49. The monoisotopic (exact) mass is 374 g/mol. The van der Waals surface area contributed by atoms with E-state index in [-0.39, 0.29) is 25.6 Å². The molecule has 27 heavy (non-hydrogen) atoms. The molecular formula is C20H22O7. The van der Waals surface area contributed by atoms with Crippen LogP contribution >= 0.6 is 0 Å². The third-order valence-corrected chi connectivity index (χ3v) is 3.59. The molecule has 0 aliphatic carbocycles. The second kappa shape index (κ2) is 10.1. The van der Waals surface area contributed by atoms with E-state index in [0.717, 1.165) is 5.75 Å². The first kappa shape index (κ1) is 20.1. The van der Waals surface area contributed by atoms with Crippen molar-refractivity contribution in [3.63, 3.8) is 0 Å². The molecule has 0 N–H and O–H groups in total. The summed E-state index contributed by atoms with van der Waals surface area (Å²) in [5.41, 5.74) is 0.498. The molecule has 2 rings (SSSR count). The van der Waals surface area contributed by atoms with Crippen LogP contribution in [0.15, 0.2) is 42.5 Å². The molecule has 0 aromatic heterocycles. The maximum absolute atomic E-state index is 11.8. The molecule has 144 valence electrons. The third kappa shape index (κ3) is 6.22. The van der Waals surface area contributed by atoms with Gasteiger partial charge in [0.1, 0.15) is 24.7 Å². The van der Waals surface area contributed by atoms with E-state index < -0.39 is 5.97 Å². The maximum atomic E-state index is 11.8. The molecule has 0 radical (unpaired) electrons. The standard InChI is InChI=1S/C20H22O7/c1-14(21)15-4-9-18(19(12-15)24-3)27-13-20(22)26-11-10-25-17-7-5-16(23-2)6-8-17/h4-9,12H,10-11,13H2,1-3H3. The molecule has 0 atom stereocenters. The van der Waals surface area contributed by atoms with E-state index in [4.69, 9.17) is 23.7 Å². The lowest BCUT2D eigenvalue weighted by molar-refractivity contribution is -0.146. The molecule has 0 saturated heterocycles. The van der Waals surface area contributed by atoms with E-state index in [1.54, 1.807) is 49.6 Å². The molecule has 0 heterocycles. The molecule has 0 unspecified atom stereocenters. The van der Waals surface area contributed by atoms with Gasteiger partial charge in [0.15, 0.2) is 23.9 Å². The van der Waals surface area contributed by atoms with Crippen LogP contribution in [0.1, 0.15) is 17.3 Å². The largest absolute Gasteiger partial charge is 0.497 e. The summed E-state index contributed by atoms with van der Waals surface area (Å²) in [6, 6.07) is 11.8. The summed E-state index contributed by atoms with van der Waals surface area (Å²) in [5, 5.41) is 0. The van der Waals surface area contributed by atoms with Gasteiger partial charge in [0.05, 0.1) is 14.2 Å². The molecule has 7 heteroatoms. The predicted molar refractivity (Wildman–Crippen MR) is 97.9 cm³/mol. The zero-order chi connectivity index (χ0) is 19.6. The molecule has 0 fully saturated rings. The minimum absolute atomic E-state index is 0.0869. The zero-order valence-corrected chi connectivity index (χ0v) is 15.5. The van der Waals surface area contributed by atoms with Gasteiger partial charge in [-0.1, -0.05) is 0 Å². The van der Waals surface area contributed by atoms with Crippen molar-refractivity contribution in [3.05, 3.63) is 48.0 Å². The van der Waals surface area contributed by atoms with E-state index >= 15 is 0 Å². The van der Waals surface area contributed by atoms with Crippen molar-refractivity contribution in [2.24, 2.45) is 0 Å². The van der Waals surface area contributed by atoms with Crippen molar-refractivity contribution in [1.29, 1.82) is 0 Å². The SMILES string of the molecule is COc1ccc(OCCOC(=O)COc2ccc(C(C)=O)cc2OC)cc1. The lowest BCUT2D eigenvalue weighted by Crippen LogP contribution is -2.18. The molecule has 2 aromatic carbocycles. The Morgan fingerprint density at radius 1 is 0.815 bits per heavy atom. The number of Topliss-reactive ketones (excluding diaryl/α,β-unsaturated/α-hetero) is 1. The summed E-state index contributed by atoms with van der Waals surface area (Å²) in [7, 11) is 3.05. The molecule has 0 aliphatic heterocycles. The van der Waals surface area contributed by atoms with Crippen molar-refractivity contribution < 1.29 is 33.3 Å². The van der Waals surface area contributed by atoms with E-state index in [2.05, 4.69) is 0 Å². The Bertz CT molecular complexity index is 768. The molecule has 0 bridgehead atoms. The summed E-state index contributed by atoms with van der Waals surface area (Å²) >= 11 is 0. The fourth-order valence-electron chi connectivity index (χ4n) is 2.17. The number of esters is 1. The Balaban J connectivity index is 1.73. The van der Waals surface area contributed by atoms with Crippen LogP contribution in [0.3, 0.4) is 0 Å². The van der Waals surface area contributed by atoms with Gasteiger partial charge < -0.3 is 23.7 Å². The Kier molecular flexibility index (Phi) is 7.49. The average Bonchev–Trinajstić information content (AvgIpc) is 2.69. The summed E-state index contributed by atoms with van der Waals surface area (Å²) in [5.74, 6) is 1.49. The predicted octanol–water partition coefficient (Wildman–Crippen LogP) is 2.91. The average molecular weight is 374 g/mol. The van der Waals surface area contributed by atoms with E-state index in [9.17, 15) is 9.59 Å². The molecule has 0 saturated carbocycles. The fourth-order valence-corrected chi connectivity index (χ4v) is 2.17. The Morgan fingerprint density at radius 3 is 2.15 bits per heavy atom. The first-order valence-electron chi connectivity index (χ1n) is 8.27. The zero-order valence-electron chi connectivity index (χ0n) is 15.5. The highest BCUT2D eigenvalue weighted by molar-refractivity contribution is 5.94. The van der Waals surface area contributed by atoms with Gasteiger partial charge in [0, 0.05) is 5.56 Å². The number of ether oxygens (including phenoxy) is 5. The Labute approximate surface area is 157 Å². The number of ketones is 1. The fraction of sp³-hybridized carbons (Fsp3) is 0.300. The van der Waals surface area contributed by atoms with Gasteiger partial charge >= 0.3 is 5.97 Å². The van der Waals surface area contributed by atoms with Crippen LogP contribution in [0.25, 0.3) is 0 Å². The van der Waals surface area contributed by atoms with Crippen LogP contribution in [0.5, 0.6) is 23.0 Å². The van der Waals surface area contributed by atoms with Gasteiger partial charge in [-0.2, -0.15) is 0 Å². The van der Waals surface area contributed by atoms with Crippen LogP contribution in [0.2, 0.25) is 0 Å². The van der Waals surface area contributed by atoms with Crippen LogP contribution in [-0.4, -0.2) is 45.8 Å². The molecule has 0 spiro atoms. The lowest BCUT2D eigenvalue weighted by Gasteiger charge is -2.11. The van der Waals surface area contributed by atoms with Crippen molar-refractivity contribution >= 4 is 11.8 Å². The van der Waals surface area contributed by atoms with Gasteiger partial charge in [-0.25, -0.2) is 4.79 Å². The number of hydrogen-bond donors (Lipinski definition) is 0. The Hall–Kier alpha value is -3.22. The van der Waals surface area contributed by atoms with Gasteiger partial charge in [0.25, 0.3) is 0 Å². The minimum Gasteiger partial charge on any atom is -0.497 e. The smallest absolute Gasteiger partial charge is 0.344 e. The summed E-state index contributed by atoms with van der Waals surface area (Å²) in [4.78, 5) is 23.2. The molecular weight excluding hydrogens is 352 g/mol. The quantitative estimate of drug-likeness (QED) is 0.359. The first-order valence-corrected chi connectivity index (χ1v) is 8.27. The van der Waals surface area contributed by atoms with Gasteiger partial charge in [-0.15, -0.1) is 0 Å². The summed E-state index contributed by atoms with van der Waals surface area (Å²) < 4.78 is 26.2. The summed E-state index contributed by atoms with van der Waals surface area (Å²) in [6.07, 6.45) is 0. The highest BCUT2D eigenvalue weighted by Crippen LogP contribution is 2.28. The minimum atomic E-state index is -0.536. The van der Waals surface area contributed by atoms with Crippen LogP contribution < -0.4 is 18.9 Å². The normalized spacial score (nSPS) is 10.0. The van der Waals surface area contributed by atoms with Crippen molar-refractivity contribution in [3.8, 4) is 23.0 Å².